The molecule has 3 rings (SSSR count). The van der Waals surface area contributed by atoms with E-state index in [0.29, 0.717) is 10.4 Å². The Morgan fingerprint density at radius 1 is 1.18 bits per heavy atom. The smallest absolute Gasteiger partial charge is 0.191 e. The van der Waals surface area contributed by atoms with Crippen LogP contribution in [-0.4, -0.2) is 25.4 Å². The molecule has 1 aromatic carbocycles. The maximum atomic E-state index is 13.2. The van der Waals surface area contributed by atoms with Gasteiger partial charge in [0.15, 0.2) is 11.8 Å². The summed E-state index contributed by atoms with van der Waals surface area (Å²) < 4.78 is 13.8. The lowest BCUT2D eigenvalue weighted by atomic mass is 9.87. The molecule has 3 heteroatoms. The lowest BCUT2D eigenvalue weighted by Crippen LogP contribution is -2.58. The van der Waals surface area contributed by atoms with Gasteiger partial charge in [-0.25, -0.2) is 4.39 Å². The van der Waals surface area contributed by atoms with Gasteiger partial charge in [-0.2, -0.15) is 0 Å². The van der Waals surface area contributed by atoms with Crippen molar-refractivity contribution in [3.63, 3.8) is 0 Å². The molecule has 2 unspecified atom stereocenters. The van der Waals surface area contributed by atoms with Crippen molar-refractivity contribution in [1.29, 1.82) is 0 Å². The predicted octanol–water partition coefficient (Wildman–Crippen LogP) is 4.24. The summed E-state index contributed by atoms with van der Waals surface area (Å²) in [7, 11) is 2.10. The molecule has 1 saturated carbocycles. The van der Waals surface area contributed by atoms with Crippen LogP contribution in [0.1, 0.15) is 39.0 Å². The van der Waals surface area contributed by atoms with E-state index < -0.39 is 0 Å². The zero-order chi connectivity index (χ0) is 15.7. The van der Waals surface area contributed by atoms with E-state index in [9.17, 15) is 9.18 Å². The predicted molar refractivity (Wildman–Crippen MR) is 88.1 cm³/mol. The van der Waals surface area contributed by atoms with Gasteiger partial charge in [-0.15, -0.1) is 0 Å². The number of quaternary nitrogens is 1. The van der Waals surface area contributed by atoms with Gasteiger partial charge in [0.2, 0.25) is 0 Å². The van der Waals surface area contributed by atoms with E-state index in [1.807, 2.05) is 12.1 Å². The number of benzene rings is 1. The fraction of sp³-hybridized carbons (Fsp3) is 0.526. The van der Waals surface area contributed by atoms with Gasteiger partial charge in [0.05, 0.1) is 13.6 Å². The maximum absolute atomic E-state index is 13.2. The molecule has 2 atom stereocenters. The quantitative estimate of drug-likeness (QED) is 0.603. The molecule has 0 radical (unpaired) electrons. The highest BCUT2D eigenvalue weighted by molar-refractivity contribution is 5.86. The molecule has 1 aromatic rings. The Labute approximate surface area is 132 Å². The van der Waals surface area contributed by atoms with Gasteiger partial charge in [0.1, 0.15) is 11.5 Å². The molecule has 118 valence electrons. The first-order valence-corrected chi connectivity index (χ1v) is 8.33. The Balaban J connectivity index is 1.94. The highest BCUT2D eigenvalue weighted by Crippen LogP contribution is 2.38. The second-order valence-electron chi connectivity index (χ2n) is 7.00. The molecule has 0 N–H and O–H groups in total. The van der Waals surface area contributed by atoms with Gasteiger partial charge in [0.25, 0.3) is 0 Å². The number of Topliss-reactive ketones (excluding diaryl/α,β-unsaturated/α-hetero) is 1. The number of hydrogen-bond acceptors (Lipinski definition) is 1. The van der Waals surface area contributed by atoms with E-state index >= 15 is 0 Å². The van der Waals surface area contributed by atoms with E-state index in [0.717, 1.165) is 18.7 Å². The first-order chi connectivity index (χ1) is 10.5. The van der Waals surface area contributed by atoms with Gasteiger partial charge in [-0.1, -0.05) is 18.4 Å². The lowest BCUT2D eigenvalue weighted by molar-refractivity contribution is -0.120. The SMILES string of the molecule is CC(=O)C1C=C(C2CCCC2)CC[N+]1(C)c1ccc(F)cc1. The molecule has 1 aliphatic carbocycles. The summed E-state index contributed by atoms with van der Waals surface area (Å²) in [5.74, 6) is 0.653. The largest absolute Gasteiger partial charge is 0.293 e. The Hall–Kier alpha value is -1.48. The summed E-state index contributed by atoms with van der Waals surface area (Å²) in [6, 6.07) is 6.48. The van der Waals surface area contributed by atoms with Crippen LogP contribution in [0.5, 0.6) is 0 Å². The van der Waals surface area contributed by atoms with E-state index in [1.54, 1.807) is 6.92 Å². The van der Waals surface area contributed by atoms with Crippen molar-refractivity contribution in [2.45, 2.75) is 45.1 Å². The molecule has 2 aliphatic rings. The normalized spacial score (nSPS) is 29.4. The average Bonchev–Trinajstić information content (AvgIpc) is 3.02. The molecular weight excluding hydrogens is 277 g/mol. The summed E-state index contributed by atoms with van der Waals surface area (Å²) >= 11 is 0. The molecule has 0 aromatic heterocycles. The fourth-order valence-electron chi connectivity index (χ4n) is 4.18. The first-order valence-electron chi connectivity index (χ1n) is 8.33. The number of nitrogens with zero attached hydrogens (tertiary/aromatic N) is 1. The number of ketones is 1. The summed E-state index contributed by atoms with van der Waals surface area (Å²) in [5.41, 5.74) is 2.50. The van der Waals surface area contributed by atoms with Crippen LogP contribution < -0.4 is 4.48 Å². The standard InChI is InChI=1S/C19H25FNO/c1-14(22)19-13-16(15-5-3-4-6-15)11-12-21(19,2)18-9-7-17(20)8-10-18/h7-10,13,15,19H,3-6,11-12H2,1-2H3/q+1. The summed E-state index contributed by atoms with van der Waals surface area (Å²) in [6.45, 7) is 2.59. The highest BCUT2D eigenvalue weighted by atomic mass is 19.1. The third kappa shape index (κ3) is 2.74. The van der Waals surface area contributed by atoms with Crippen molar-refractivity contribution in [3.05, 3.63) is 41.7 Å². The van der Waals surface area contributed by atoms with Crippen molar-refractivity contribution in [2.24, 2.45) is 5.92 Å². The molecule has 1 aliphatic heterocycles. The van der Waals surface area contributed by atoms with Crippen molar-refractivity contribution >= 4 is 11.5 Å². The van der Waals surface area contributed by atoms with Crippen LogP contribution in [0, 0.1) is 11.7 Å². The van der Waals surface area contributed by atoms with Crippen LogP contribution in [0.25, 0.3) is 0 Å². The molecule has 2 nitrogen and oxygen atoms in total. The number of carbonyl (C=O) groups excluding carboxylic acids is 1. The molecule has 0 saturated heterocycles. The van der Waals surface area contributed by atoms with Crippen molar-refractivity contribution in [2.75, 3.05) is 13.6 Å². The minimum Gasteiger partial charge on any atom is -0.293 e. The molecule has 0 amide bonds. The van der Waals surface area contributed by atoms with Crippen molar-refractivity contribution < 1.29 is 9.18 Å². The molecule has 0 bridgehead atoms. The second-order valence-corrected chi connectivity index (χ2v) is 7.00. The van der Waals surface area contributed by atoms with Crippen LogP contribution in [-0.2, 0) is 4.79 Å². The molecule has 0 spiro atoms. The monoisotopic (exact) mass is 302 g/mol. The minimum atomic E-state index is -0.228. The van der Waals surface area contributed by atoms with E-state index in [2.05, 4.69) is 13.1 Å². The zero-order valence-electron chi connectivity index (χ0n) is 13.5. The lowest BCUT2D eigenvalue weighted by Gasteiger charge is -2.42. The average molecular weight is 302 g/mol. The number of carbonyl (C=O) groups is 1. The Morgan fingerprint density at radius 3 is 2.41 bits per heavy atom. The van der Waals surface area contributed by atoms with E-state index in [4.69, 9.17) is 0 Å². The van der Waals surface area contributed by atoms with E-state index in [1.165, 1.54) is 43.4 Å². The van der Waals surface area contributed by atoms with Crippen LogP contribution in [0.2, 0.25) is 0 Å². The van der Waals surface area contributed by atoms with Crippen LogP contribution in [0.4, 0.5) is 10.1 Å². The molecule has 1 fully saturated rings. The molecular formula is C19H25FNO+. The third-order valence-electron chi connectivity index (χ3n) is 5.56. The Bertz CT molecular complexity index is 586. The number of halogens is 1. The van der Waals surface area contributed by atoms with Crippen LogP contribution >= 0.6 is 0 Å². The summed E-state index contributed by atoms with van der Waals surface area (Å²) in [6.07, 6.45) is 8.45. The number of hydrogen-bond donors (Lipinski definition) is 0. The number of likely N-dealkylation sites (N-methyl/N-ethyl adjacent to an activating group) is 1. The van der Waals surface area contributed by atoms with E-state index in [-0.39, 0.29) is 17.6 Å². The van der Waals surface area contributed by atoms with Crippen LogP contribution in [0.15, 0.2) is 35.9 Å². The van der Waals surface area contributed by atoms with Gasteiger partial charge in [-0.05, 0) is 37.0 Å². The topological polar surface area (TPSA) is 17.1 Å². The zero-order valence-corrected chi connectivity index (χ0v) is 13.5. The minimum absolute atomic E-state index is 0.144. The summed E-state index contributed by atoms with van der Waals surface area (Å²) in [5, 5.41) is 0. The Kier molecular flexibility index (Phi) is 4.18. The maximum Gasteiger partial charge on any atom is 0.191 e. The first kappa shape index (κ1) is 15.4. The number of rotatable bonds is 3. The van der Waals surface area contributed by atoms with Gasteiger partial charge < -0.3 is 0 Å². The van der Waals surface area contributed by atoms with Crippen LogP contribution in [0.3, 0.4) is 0 Å². The van der Waals surface area contributed by atoms with Gasteiger partial charge in [-0.3, -0.25) is 9.28 Å². The van der Waals surface area contributed by atoms with Crippen molar-refractivity contribution in [1.82, 2.24) is 4.48 Å². The van der Waals surface area contributed by atoms with Gasteiger partial charge in [0, 0.05) is 25.5 Å². The highest BCUT2D eigenvalue weighted by Gasteiger charge is 2.41. The Morgan fingerprint density at radius 2 is 1.82 bits per heavy atom. The molecule has 1 heterocycles. The fourth-order valence-corrected chi connectivity index (χ4v) is 4.18. The molecule has 22 heavy (non-hydrogen) atoms. The van der Waals surface area contributed by atoms with Crippen molar-refractivity contribution in [3.8, 4) is 0 Å². The second kappa shape index (κ2) is 5.96. The summed E-state index contributed by atoms with van der Waals surface area (Å²) in [4.78, 5) is 12.3. The van der Waals surface area contributed by atoms with Gasteiger partial charge >= 0.3 is 0 Å². The third-order valence-corrected chi connectivity index (χ3v) is 5.56.